The molecule has 0 amide bonds. The summed E-state index contributed by atoms with van der Waals surface area (Å²) in [5.41, 5.74) is -0.414. The van der Waals surface area contributed by atoms with Gasteiger partial charge in [0.2, 0.25) is 0 Å². The summed E-state index contributed by atoms with van der Waals surface area (Å²) in [7, 11) is 0. The maximum absolute atomic E-state index is 13.4. The molecule has 1 atom stereocenters. The summed E-state index contributed by atoms with van der Waals surface area (Å²) < 4.78 is 26.9. The number of hydrogen-bond acceptors (Lipinski definition) is 3. The summed E-state index contributed by atoms with van der Waals surface area (Å²) in [6.45, 7) is 3.75. The van der Waals surface area contributed by atoms with Gasteiger partial charge in [-0.05, 0) is 12.1 Å². The smallest absolute Gasteiger partial charge is 0.182 e. The Morgan fingerprint density at radius 1 is 1.44 bits per heavy atom. The molecule has 0 N–H and O–H groups in total. The lowest BCUT2D eigenvalue weighted by Gasteiger charge is -2.29. The normalized spacial score (nSPS) is 20.9. The number of Topliss-reactive ketones (excluding diaryl/α,β-unsaturated/α-hetero) is 1. The van der Waals surface area contributed by atoms with Crippen LogP contribution in [0.3, 0.4) is 0 Å². The van der Waals surface area contributed by atoms with Gasteiger partial charge in [0.15, 0.2) is 5.78 Å². The van der Waals surface area contributed by atoms with Gasteiger partial charge in [0.1, 0.15) is 11.6 Å². The van der Waals surface area contributed by atoms with Crippen LogP contribution in [0, 0.1) is 11.6 Å². The van der Waals surface area contributed by atoms with Crippen LogP contribution < -0.4 is 0 Å². The topological polar surface area (TPSA) is 20.3 Å². The first-order chi connectivity index (χ1) is 8.58. The average molecular weight is 271 g/mol. The van der Waals surface area contributed by atoms with Crippen molar-refractivity contribution < 1.29 is 13.6 Å². The highest BCUT2D eigenvalue weighted by molar-refractivity contribution is 7.99. The van der Waals surface area contributed by atoms with Crippen LogP contribution in [0.4, 0.5) is 8.78 Å². The Labute approximate surface area is 109 Å². The fourth-order valence-corrected chi connectivity index (χ4v) is 3.16. The molecule has 98 valence electrons. The zero-order valence-electron chi connectivity index (χ0n) is 10.2. The SMILES string of the molecule is CC1CN(CC(=O)c2c(F)cccc2F)CCS1. The van der Waals surface area contributed by atoms with Crippen LogP contribution in [0.15, 0.2) is 18.2 Å². The molecule has 0 aromatic heterocycles. The fourth-order valence-electron chi connectivity index (χ4n) is 2.08. The van der Waals surface area contributed by atoms with Crippen molar-refractivity contribution in [1.29, 1.82) is 0 Å². The Bertz CT molecular complexity index is 432. The standard InChI is InChI=1S/C13H15F2NOS/c1-9-7-16(5-6-18-9)8-12(17)13-10(14)3-2-4-11(13)15/h2-4,9H,5-8H2,1H3. The number of ketones is 1. The molecule has 5 heteroatoms. The number of nitrogens with zero attached hydrogens (tertiary/aromatic N) is 1. The molecular formula is C13H15F2NOS. The van der Waals surface area contributed by atoms with Crippen molar-refractivity contribution in [2.45, 2.75) is 12.2 Å². The Hall–Kier alpha value is -0.940. The molecule has 1 saturated heterocycles. The van der Waals surface area contributed by atoms with E-state index in [4.69, 9.17) is 0 Å². The van der Waals surface area contributed by atoms with Crippen molar-refractivity contribution in [3.8, 4) is 0 Å². The third kappa shape index (κ3) is 3.09. The van der Waals surface area contributed by atoms with Gasteiger partial charge in [-0.25, -0.2) is 8.78 Å². The van der Waals surface area contributed by atoms with E-state index >= 15 is 0 Å². The first kappa shape index (κ1) is 13.5. The Balaban J connectivity index is 2.07. The number of rotatable bonds is 3. The number of carbonyl (C=O) groups excluding carboxylic acids is 1. The summed E-state index contributed by atoms with van der Waals surface area (Å²) in [5.74, 6) is -1.09. The predicted octanol–water partition coefficient (Wildman–Crippen LogP) is 2.58. The zero-order chi connectivity index (χ0) is 13.1. The van der Waals surface area contributed by atoms with E-state index in [-0.39, 0.29) is 6.54 Å². The summed E-state index contributed by atoms with van der Waals surface area (Å²) in [5, 5.41) is 0.456. The molecule has 0 bridgehead atoms. The second kappa shape index (κ2) is 5.80. The van der Waals surface area contributed by atoms with Gasteiger partial charge >= 0.3 is 0 Å². The Morgan fingerprint density at radius 2 is 2.11 bits per heavy atom. The van der Waals surface area contributed by atoms with Gasteiger partial charge in [-0.1, -0.05) is 13.0 Å². The largest absolute Gasteiger partial charge is 0.294 e. The molecule has 1 aromatic rings. The fraction of sp³-hybridized carbons (Fsp3) is 0.462. The molecule has 1 heterocycles. The average Bonchev–Trinajstić information content (AvgIpc) is 2.28. The molecule has 18 heavy (non-hydrogen) atoms. The van der Waals surface area contributed by atoms with Crippen LogP contribution in [-0.2, 0) is 0 Å². The molecule has 2 nitrogen and oxygen atoms in total. The van der Waals surface area contributed by atoms with E-state index in [1.165, 1.54) is 6.07 Å². The molecule has 0 saturated carbocycles. The Morgan fingerprint density at radius 3 is 2.72 bits per heavy atom. The second-order valence-electron chi connectivity index (χ2n) is 4.44. The predicted molar refractivity (Wildman–Crippen MR) is 69.0 cm³/mol. The van der Waals surface area contributed by atoms with Gasteiger partial charge in [0.05, 0.1) is 12.1 Å². The highest BCUT2D eigenvalue weighted by Gasteiger charge is 2.23. The Kier molecular flexibility index (Phi) is 4.35. The first-order valence-corrected chi connectivity index (χ1v) is 6.94. The van der Waals surface area contributed by atoms with Gasteiger partial charge < -0.3 is 0 Å². The molecule has 2 rings (SSSR count). The van der Waals surface area contributed by atoms with Crippen LogP contribution in [0.1, 0.15) is 17.3 Å². The summed E-state index contributed by atoms with van der Waals surface area (Å²) in [4.78, 5) is 13.9. The van der Waals surface area contributed by atoms with Gasteiger partial charge in [-0.15, -0.1) is 0 Å². The number of benzene rings is 1. The lowest BCUT2D eigenvalue weighted by molar-refractivity contribution is 0.0925. The van der Waals surface area contributed by atoms with Crippen LogP contribution in [-0.4, -0.2) is 41.3 Å². The molecule has 0 spiro atoms. The van der Waals surface area contributed by atoms with E-state index in [0.29, 0.717) is 5.25 Å². The monoisotopic (exact) mass is 271 g/mol. The minimum absolute atomic E-state index is 0.0861. The minimum atomic E-state index is -0.778. The van der Waals surface area contributed by atoms with Crippen molar-refractivity contribution in [2.24, 2.45) is 0 Å². The van der Waals surface area contributed by atoms with E-state index in [9.17, 15) is 13.6 Å². The van der Waals surface area contributed by atoms with Crippen LogP contribution >= 0.6 is 11.8 Å². The maximum atomic E-state index is 13.4. The zero-order valence-corrected chi connectivity index (χ0v) is 11.0. The summed E-state index contributed by atoms with van der Waals surface area (Å²) >= 11 is 1.85. The van der Waals surface area contributed by atoms with E-state index in [2.05, 4.69) is 6.92 Å². The second-order valence-corrected chi connectivity index (χ2v) is 5.98. The third-order valence-corrected chi connectivity index (χ3v) is 4.07. The van der Waals surface area contributed by atoms with Crippen LogP contribution in [0.5, 0.6) is 0 Å². The van der Waals surface area contributed by atoms with Gasteiger partial charge in [0, 0.05) is 24.1 Å². The molecule has 1 unspecified atom stereocenters. The van der Waals surface area contributed by atoms with Crippen molar-refractivity contribution in [2.75, 3.05) is 25.4 Å². The number of halogens is 2. The molecule has 0 aliphatic carbocycles. The van der Waals surface area contributed by atoms with Crippen LogP contribution in [0.2, 0.25) is 0 Å². The first-order valence-electron chi connectivity index (χ1n) is 5.89. The number of thioether (sulfide) groups is 1. The molecular weight excluding hydrogens is 256 g/mol. The van der Waals surface area contributed by atoms with Crippen LogP contribution in [0.25, 0.3) is 0 Å². The summed E-state index contributed by atoms with van der Waals surface area (Å²) in [6.07, 6.45) is 0. The van der Waals surface area contributed by atoms with Gasteiger partial charge in [-0.3, -0.25) is 9.69 Å². The van der Waals surface area contributed by atoms with E-state index in [1.54, 1.807) is 0 Å². The molecule has 0 radical (unpaired) electrons. The lowest BCUT2D eigenvalue weighted by atomic mass is 10.1. The molecule has 1 aliphatic heterocycles. The highest BCUT2D eigenvalue weighted by atomic mass is 32.2. The third-order valence-electron chi connectivity index (χ3n) is 2.93. The maximum Gasteiger partial charge on any atom is 0.182 e. The minimum Gasteiger partial charge on any atom is -0.294 e. The number of hydrogen-bond donors (Lipinski definition) is 0. The summed E-state index contributed by atoms with van der Waals surface area (Å²) in [6, 6.07) is 3.50. The molecule has 1 aromatic carbocycles. The molecule has 1 aliphatic rings. The van der Waals surface area contributed by atoms with Crippen molar-refractivity contribution >= 4 is 17.5 Å². The quantitative estimate of drug-likeness (QED) is 0.788. The van der Waals surface area contributed by atoms with Crippen molar-refractivity contribution in [3.05, 3.63) is 35.4 Å². The van der Waals surface area contributed by atoms with E-state index in [0.717, 1.165) is 31.0 Å². The van der Waals surface area contributed by atoms with Crippen molar-refractivity contribution in [3.63, 3.8) is 0 Å². The van der Waals surface area contributed by atoms with E-state index in [1.807, 2.05) is 16.7 Å². The lowest BCUT2D eigenvalue weighted by Crippen LogP contribution is -2.40. The number of carbonyl (C=O) groups is 1. The highest BCUT2D eigenvalue weighted by Crippen LogP contribution is 2.19. The van der Waals surface area contributed by atoms with Crippen molar-refractivity contribution in [1.82, 2.24) is 4.90 Å². The molecule has 1 fully saturated rings. The van der Waals surface area contributed by atoms with E-state index < -0.39 is 23.0 Å². The van der Waals surface area contributed by atoms with Gasteiger partial charge in [-0.2, -0.15) is 11.8 Å². The van der Waals surface area contributed by atoms with Gasteiger partial charge in [0.25, 0.3) is 0 Å².